The third-order valence-corrected chi connectivity index (χ3v) is 3.60. The molecule has 0 fully saturated rings. The molecule has 3 N–H and O–H groups in total. The van der Waals surface area contributed by atoms with E-state index in [0.717, 1.165) is 6.07 Å². The quantitative estimate of drug-likeness (QED) is 0.634. The van der Waals surface area contributed by atoms with Gasteiger partial charge in [0.05, 0.1) is 0 Å². The van der Waals surface area contributed by atoms with E-state index in [1.54, 1.807) is 6.07 Å². The summed E-state index contributed by atoms with van der Waals surface area (Å²) in [7, 11) is 0. The van der Waals surface area contributed by atoms with Gasteiger partial charge in [-0.1, -0.05) is 28.1 Å². The van der Waals surface area contributed by atoms with E-state index in [0.29, 0.717) is 16.5 Å². The summed E-state index contributed by atoms with van der Waals surface area (Å²) in [6.07, 6.45) is 0.594. The van der Waals surface area contributed by atoms with Crippen molar-refractivity contribution in [2.75, 3.05) is 0 Å². The lowest BCUT2D eigenvalue weighted by molar-refractivity contribution is 0.473. The molecular weight excluding hydrogens is 345 g/mol. The predicted octanol–water partition coefficient (Wildman–Crippen LogP) is 3.48. The van der Waals surface area contributed by atoms with Gasteiger partial charge in [0.25, 0.3) is 0 Å². The second-order valence-corrected chi connectivity index (χ2v) is 5.68. The summed E-state index contributed by atoms with van der Waals surface area (Å²) in [5.41, 5.74) is 3.50. The fourth-order valence-electron chi connectivity index (χ4n) is 2.17. The van der Waals surface area contributed by atoms with Crippen molar-refractivity contribution in [3.63, 3.8) is 0 Å². The normalized spacial score (nSPS) is 12.4. The SMILES string of the molecule is NNC(Cc1cc(F)cc(Br)c1)Cc1cccc(F)c1F. The molecule has 0 spiro atoms. The van der Waals surface area contributed by atoms with Crippen LogP contribution in [0.2, 0.25) is 0 Å². The fraction of sp³-hybridized carbons (Fsp3) is 0.200. The number of halogens is 4. The van der Waals surface area contributed by atoms with Gasteiger partial charge in [-0.15, -0.1) is 0 Å². The van der Waals surface area contributed by atoms with Gasteiger partial charge >= 0.3 is 0 Å². The van der Waals surface area contributed by atoms with Crippen molar-refractivity contribution in [2.24, 2.45) is 5.84 Å². The van der Waals surface area contributed by atoms with Gasteiger partial charge in [-0.2, -0.15) is 0 Å². The minimum atomic E-state index is -0.892. The topological polar surface area (TPSA) is 38.0 Å². The molecule has 2 rings (SSSR count). The first-order chi connectivity index (χ1) is 9.99. The van der Waals surface area contributed by atoms with E-state index in [9.17, 15) is 13.2 Å². The highest BCUT2D eigenvalue weighted by molar-refractivity contribution is 9.10. The zero-order valence-electron chi connectivity index (χ0n) is 11.0. The Balaban J connectivity index is 2.15. The monoisotopic (exact) mass is 358 g/mol. The maximum Gasteiger partial charge on any atom is 0.162 e. The van der Waals surface area contributed by atoms with Gasteiger partial charge in [-0.3, -0.25) is 11.3 Å². The molecule has 2 nitrogen and oxygen atoms in total. The van der Waals surface area contributed by atoms with Crippen LogP contribution in [0.1, 0.15) is 11.1 Å². The van der Waals surface area contributed by atoms with Crippen LogP contribution >= 0.6 is 15.9 Å². The minimum absolute atomic E-state index is 0.203. The number of hydrogen-bond acceptors (Lipinski definition) is 2. The van der Waals surface area contributed by atoms with E-state index in [1.807, 2.05) is 0 Å². The van der Waals surface area contributed by atoms with Crippen molar-refractivity contribution in [3.05, 3.63) is 69.4 Å². The summed E-state index contributed by atoms with van der Waals surface area (Å²) in [6, 6.07) is 8.17. The summed E-state index contributed by atoms with van der Waals surface area (Å²) in [6.45, 7) is 0. The Labute approximate surface area is 129 Å². The molecule has 1 atom stereocenters. The fourth-order valence-corrected chi connectivity index (χ4v) is 2.69. The van der Waals surface area contributed by atoms with Gasteiger partial charge in [-0.05, 0) is 48.2 Å². The van der Waals surface area contributed by atoms with Crippen LogP contribution in [0.15, 0.2) is 40.9 Å². The van der Waals surface area contributed by atoms with Crippen molar-refractivity contribution in [3.8, 4) is 0 Å². The van der Waals surface area contributed by atoms with E-state index in [1.165, 1.54) is 24.3 Å². The molecule has 0 aliphatic heterocycles. The number of hydrogen-bond donors (Lipinski definition) is 2. The Bertz CT molecular complexity index is 614. The van der Waals surface area contributed by atoms with Gasteiger partial charge in [0, 0.05) is 10.5 Å². The van der Waals surface area contributed by atoms with Crippen molar-refractivity contribution in [1.29, 1.82) is 0 Å². The predicted molar refractivity (Wildman–Crippen MR) is 79.0 cm³/mol. The Morgan fingerprint density at radius 1 is 1.10 bits per heavy atom. The van der Waals surface area contributed by atoms with Crippen molar-refractivity contribution < 1.29 is 13.2 Å². The molecule has 21 heavy (non-hydrogen) atoms. The number of nitrogens with two attached hydrogens (primary N) is 1. The van der Waals surface area contributed by atoms with E-state index in [-0.39, 0.29) is 23.8 Å². The molecule has 0 aromatic heterocycles. The number of benzene rings is 2. The van der Waals surface area contributed by atoms with Crippen molar-refractivity contribution >= 4 is 15.9 Å². The highest BCUT2D eigenvalue weighted by Crippen LogP contribution is 2.18. The summed E-state index contributed by atoms with van der Waals surface area (Å²) < 4.78 is 40.8. The smallest absolute Gasteiger partial charge is 0.162 e. The molecular formula is C15H14BrF3N2. The van der Waals surface area contributed by atoms with Crippen LogP contribution in [0.5, 0.6) is 0 Å². The highest BCUT2D eigenvalue weighted by Gasteiger charge is 2.14. The van der Waals surface area contributed by atoms with Crippen LogP contribution in [-0.2, 0) is 12.8 Å². The highest BCUT2D eigenvalue weighted by atomic mass is 79.9. The molecule has 0 radical (unpaired) electrons. The van der Waals surface area contributed by atoms with Crippen LogP contribution in [0, 0.1) is 17.5 Å². The van der Waals surface area contributed by atoms with Crippen LogP contribution in [0.25, 0.3) is 0 Å². The summed E-state index contributed by atoms with van der Waals surface area (Å²) in [5, 5.41) is 0. The Morgan fingerprint density at radius 2 is 1.86 bits per heavy atom. The van der Waals surface area contributed by atoms with Gasteiger partial charge in [-0.25, -0.2) is 13.2 Å². The van der Waals surface area contributed by atoms with E-state index in [4.69, 9.17) is 5.84 Å². The Morgan fingerprint density at radius 3 is 2.52 bits per heavy atom. The third kappa shape index (κ3) is 4.30. The molecule has 0 amide bonds. The zero-order chi connectivity index (χ0) is 15.4. The molecule has 0 aliphatic rings. The molecule has 0 bridgehead atoms. The molecule has 0 saturated carbocycles. The molecule has 2 aromatic rings. The standard InChI is InChI=1S/C15H14BrF3N2/c16-11-4-9(5-12(17)8-11)6-13(21-20)7-10-2-1-3-14(18)15(10)19/h1-5,8,13,21H,6-7,20H2. The van der Waals surface area contributed by atoms with Crippen molar-refractivity contribution in [2.45, 2.75) is 18.9 Å². The first kappa shape index (κ1) is 16.0. The number of nitrogens with one attached hydrogen (secondary N) is 1. The molecule has 6 heteroatoms. The lowest BCUT2D eigenvalue weighted by Crippen LogP contribution is -2.38. The van der Waals surface area contributed by atoms with E-state index < -0.39 is 11.6 Å². The summed E-state index contributed by atoms with van der Waals surface area (Å²) in [5.74, 6) is 3.32. The van der Waals surface area contributed by atoms with E-state index >= 15 is 0 Å². The van der Waals surface area contributed by atoms with Crippen LogP contribution in [-0.4, -0.2) is 6.04 Å². The second kappa shape index (κ2) is 7.06. The molecule has 112 valence electrons. The van der Waals surface area contributed by atoms with Gasteiger partial charge in [0.15, 0.2) is 11.6 Å². The van der Waals surface area contributed by atoms with Crippen molar-refractivity contribution in [1.82, 2.24) is 5.43 Å². The first-order valence-electron chi connectivity index (χ1n) is 6.33. The zero-order valence-corrected chi connectivity index (χ0v) is 12.6. The molecule has 0 aliphatic carbocycles. The third-order valence-electron chi connectivity index (χ3n) is 3.14. The average Bonchev–Trinajstić information content (AvgIpc) is 2.42. The number of hydrazine groups is 1. The van der Waals surface area contributed by atoms with Gasteiger partial charge in [0.1, 0.15) is 5.82 Å². The summed E-state index contributed by atoms with van der Waals surface area (Å²) >= 11 is 3.21. The maximum absolute atomic E-state index is 13.7. The van der Waals surface area contributed by atoms with Gasteiger partial charge in [0.2, 0.25) is 0 Å². The maximum atomic E-state index is 13.7. The van der Waals surface area contributed by atoms with Gasteiger partial charge < -0.3 is 0 Å². The molecule has 0 saturated heterocycles. The molecule has 2 aromatic carbocycles. The lowest BCUT2D eigenvalue weighted by atomic mass is 9.99. The molecule has 0 heterocycles. The van der Waals surface area contributed by atoms with E-state index in [2.05, 4.69) is 21.4 Å². The van der Waals surface area contributed by atoms with Crippen LogP contribution in [0.4, 0.5) is 13.2 Å². The largest absolute Gasteiger partial charge is 0.271 e. The average molecular weight is 359 g/mol. The minimum Gasteiger partial charge on any atom is -0.271 e. The molecule has 1 unspecified atom stereocenters. The second-order valence-electron chi connectivity index (χ2n) is 4.76. The first-order valence-corrected chi connectivity index (χ1v) is 7.13. The number of rotatable bonds is 5. The Hall–Kier alpha value is -1.37. The van der Waals surface area contributed by atoms with Crippen LogP contribution < -0.4 is 11.3 Å². The Kier molecular flexibility index (Phi) is 5.39. The van der Waals surface area contributed by atoms with Crippen LogP contribution in [0.3, 0.4) is 0 Å². The lowest BCUT2D eigenvalue weighted by Gasteiger charge is -2.17. The summed E-state index contributed by atoms with van der Waals surface area (Å²) in [4.78, 5) is 0.